The first-order valence-corrected chi connectivity index (χ1v) is 5.98. The Labute approximate surface area is 95.0 Å². The van der Waals surface area contributed by atoms with Gasteiger partial charge >= 0.3 is 0 Å². The normalized spacial score (nSPS) is 13.2. The second-order valence-corrected chi connectivity index (χ2v) is 5.52. The third kappa shape index (κ3) is 2.82. The summed E-state index contributed by atoms with van der Waals surface area (Å²) in [7, 11) is 0. The first-order chi connectivity index (χ1) is 6.52. The van der Waals surface area contributed by atoms with Crippen LogP contribution < -0.4 is 5.73 Å². The maximum atomic E-state index is 6.08. The molecule has 0 saturated heterocycles. The first-order valence-electron chi connectivity index (χ1n) is 4.73. The van der Waals surface area contributed by atoms with E-state index in [1.807, 2.05) is 18.2 Å². The van der Waals surface area contributed by atoms with Crippen LogP contribution in [0.4, 0.5) is 5.69 Å². The number of rotatable bonds is 3. The van der Waals surface area contributed by atoms with E-state index < -0.39 is 0 Å². The quantitative estimate of drug-likeness (QED) is 0.625. The van der Waals surface area contributed by atoms with Crippen LogP contribution in [0.1, 0.15) is 20.8 Å². The van der Waals surface area contributed by atoms with Crippen LogP contribution in [0.3, 0.4) is 0 Å². The van der Waals surface area contributed by atoms with Gasteiger partial charge in [0, 0.05) is 15.8 Å². The smallest absolute Gasteiger partial charge is 0.0562 e. The minimum atomic E-state index is 0.525. The molecule has 0 radical (unpaired) electrons. The van der Waals surface area contributed by atoms with E-state index in [0.29, 0.717) is 11.2 Å². The SMILES string of the molecule is CC(C)C(C)Sc1c(N)cccc1Cl. The second kappa shape index (κ2) is 4.94. The van der Waals surface area contributed by atoms with E-state index in [2.05, 4.69) is 20.8 Å². The molecule has 1 atom stereocenters. The van der Waals surface area contributed by atoms with E-state index in [-0.39, 0.29) is 0 Å². The van der Waals surface area contributed by atoms with E-state index in [1.165, 1.54) is 0 Å². The Morgan fingerprint density at radius 2 is 1.93 bits per heavy atom. The van der Waals surface area contributed by atoms with Gasteiger partial charge in [-0.1, -0.05) is 38.4 Å². The zero-order valence-corrected chi connectivity index (χ0v) is 10.3. The third-order valence-electron chi connectivity index (χ3n) is 2.24. The van der Waals surface area contributed by atoms with Gasteiger partial charge in [-0.25, -0.2) is 0 Å². The van der Waals surface area contributed by atoms with Gasteiger partial charge in [-0.05, 0) is 18.1 Å². The van der Waals surface area contributed by atoms with Crippen LogP contribution >= 0.6 is 23.4 Å². The molecule has 0 aliphatic rings. The van der Waals surface area contributed by atoms with Crippen molar-refractivity contribution < 1.29 is 0 Å². The van der Waals surface area contributed by atoms with Crippen LogP contribution in [-0.2, 0) is 0 Å². The molecule has 0 heterocycles. The van der Waals surface area contributed by atoms with Crippen molar-refractivity contribution in [1.82, 2.24) is 0 Å². The summed E-state index contributed by atoms with van der Waals surface area (Å²) in [5.41, 5.74) is 6.64. The lowest BCUT2D eigenvalue weighted by Gasteiger charge is -2.16. The minimum absolute atomic E-state index is 0.525. The Morgan fingerprint density at radius 3 is 2.43 bits per heavy atom. The van der Waals surface area contributed by atoms with E-state index in [9.17, 15) is 0 Å². The molecule has 0 spiro atoms. The molecule has 3 heteroatoms. The highest BCUT2D eigenvalue weighted by molar-refractivity contribution is 8.00. The topological polar surface area (TPSA) is 26.0 Å². The molecule has 1 rings (SSSR count). The molecule has 0 aliphatic carbocycles. The average Bonchev–Trinajstić information content (AvgIpc) is 2.11. The monoisotopic (exact) mass is 229 g/mol. The molecule has 14 heavy (non-hydrogen) atoms. The van der Waals surface area contributed by atoms with Gasteiger partial charge in [0.25, 0.3) is 0 Å². The van der Waals surface area contributed by atoms with Gasteiger partial charge in [0.05, 0.1) is 5.02 Å². The molecule has 0 aromatic heterocycles. The van der Waals surface area contributed by atoms with Crippen LogP contribution in [-0.4, -0.2) is 5.25 Å². The predicted molar refractivity (Wildman–Crippen MR) is 66.0 cm³/mol. The third-order valence-corrected chi connectivity index (χ3v) is 4.27. The molecule has 1 aromatic rings. The standard InChI is InChI=1S/C11H16ClNS/c1-7(2)8(3)14-11-9(12)5-4-6-10(11)13/h4-8H,13H2,1-3H3. The number of nitrogens with two attached hydrogens (primary N) is 1. The summed E-state index contributed by atoms with van der Waals surface area (Å²) in [5, 5.41) is 1.28. The Kier molecular flexibility index (Phi) is 4.14. The molecule has 1 aromatic carbocycles. The number of hydrogen-bond donors (Lipinski definition) is 1. The van der Waals surface area contributed by atoms with Crippen molar-refractivity contribution in [3.63, 3.8) is 0 Å². The molecule has 0 amide bonds. The average molecular weight is 230 g/mol. The number of thioether (sulfide) groups is 1. The highest BCUT2D eigenvalue weighted by Crippen LogP contribution is 2.36. The van der Waals surface area contributed by atoms with Crippen LogP contribution in [0.15, 0.2) is 23.1 Å². The van der Waals surface area contributed by atoms with Crippen LogP contribution in [0.5, 0.6) is 0 Å². The number of hydrogen-bond acceptors (Lipinski definition) is 2. The van der Waals surface area contributed by atoms with E-state index in [0.717, 1.165) is 15.6 Å². The first kappa shape index (κ1) is 11.7. The van der Waals surface area contributed by atoms with Gasteiger partial charge in [0.15, 0.2) is 0 Å². The molecule has 1 unspecified atom stereocenters. The van der Waals surface area contributed by atoms with Gasteiger partial charge in [0.2, 0.25) is 0 Å². The molecule has 0 aliphatic heterocycles. The Bertz CT molecular complexity index is 292. The molecule has 0 bridgehead atoms. The van der Waals surface area contributed by atoms with Gasteiger partial charge in [-0.3, -0.25) is 0 Å². The fourth-order valence-electron chi connectivity index (χ4n) is 0.972. The molecule has 0 fully saturated rings. The second-order valence-electron chi connectivity index (χ2n) is 3.73. The molecule has 78 valence electrons. The molecule has 0 saturated carbocycles. The number of benzene rings is 1. The highest BCUT2D eigenvalue weighted by Gasteiger charge is 2.12. The van der Waals surface area contributed by atoms with Gasteiger partial charge in [0.1, 0.15) is 0 Å². The zero-order chi connectivity index (χ0) is 10.7. The van der Waals surface area contributed by atoms with Crippen molar-refractivity contribution in [1.29, 1.82) is 0 Å². The Hall–Kier alpha value is -0.340. The van der Waals surface area contributed by atoms with Crippen LogP contribution in [0.25, 0.3) is 0 Å². The Morgan fingerprint density at radius 1 is 1.29 bits per heavy atom. The summed E-state index contributed by atoms with van der Waals surface area (Å²) in [6.07, 6.45) is 0. The summed E-state index contributed by atoms with van der Waals surface area (Å²) in [4.78, 5) is 1.01. The van der Waals surface area contributed by atoms with Gasteiger partial charge in [-0.2, -0.15) is 0 Å². The summed E-state index contributed by atoms with van der Waals surface area (Å²) < 4.78 is 0. The lowest BCUT2D eigenvalue weighted by molar-refractivity contribution is 0.642. The summed E-state index contributed by atoms with van der Waals surface area (Å²) in [6.45, 7) is 6.59. The summed E-state index contributed by atoms with van der Waals surface area (Å²) in [6, 6.07) is 5.65. The predicted octanol–water partition coefficient (Wildman–Crippen LogP) is 4.06. The highest BCUT2D eigenvalue weighted by atomic mass is 35.5. The maximum Gasteiger partial charge on any atom is 0.0562 e. The van der Waals surface area contributed by atoms with Crippen molar-refractivity contribution >= 4 is 29.1 Å². The molecule has 1 nitrogen and oxygen atoms in total. The molecular formula is C11H16ClNS. The van der Waals surface area contributed by atoms with E-state index in [4.69, 9.17) is 17.3 Å². The lowest BCUT2D eigenvalue weighted by atomic mass is 10.2. The number of anilines is 1. The van der Waals surface area contributed by atoms with Crippen molar-refractivity contribution in [3.8, 4) is 0 Å². The minimum Gasteiger partial charge on any atom is -0.398 e. The molecular weight excluding hydrogens is 214 g/mol. The van der Waals surface area contributed by atoms with Crippen LogP contribution in [0, 0.1) is 5.92 Å². The number of halogens is 1. The Balaban J connectivity index is 2.85. The fraction of sp³-hybridized carbons (Fsp3) is 0.455. The van der Waals surface area contributed by atoms with Crippen LogP contribution in [0.2, 0.25) is 5.02 Å². The largest absolute Gasteiger partial charge is 0.398 e. The summed E-state index contributed by atoms with van der Waals surface area (Å²) in [5.74, 6) is 0.621. The van der Waals surface area contributed by atoms with Crippen molar-refractivity contribution in [2.75, 3.05) is 5.73 Å². The fourth-order valence-corrected chi connectivity index (χ4v) is 2.32. The zero-order valence-electron chi connectivity index (χ0n) is 8.75. The van der Waals surface area contributed by atoms with Crippen molar-refractivity contribution in [3.05, 3.63) is 23.2 Å². The summed E-state index contributed by atoms with van der Waals surface area (Å²) >= 11 is 7.83. The van der Waals surface area contributed by atoms with Crippen molar-refractivity contribution in [2.45, 2.75) is 30.9 Å². The van der Waals surface area contributed by atoms with E-state index in [1.54, 1.807) is 11.8 Å². The maximum absolute atomic E-state index is 6.08. The number of nitrogen functional groups attached to an aromatic ring is 1. The molecule has 2 N–H and O–H groups in total. The van der Waals surface area contributed by atoms with Gasteiger partial charge < -0.3 is 5.73 Å². The van der Waals surface area contributed by atoms with Gasteiger partial charge in [-0.15, -0.1) is 11.8 Å². The van der Waals surface area contributed by atoms with Crippen molar-refractivity contribution in [2.24, 2.45) is 5.92 Å². The lowest BCUT2D eigenvalue weighted by Crippen LogP contribution is -2.06. The van der Waals surface area contributed by atoms with E-state index >= 15 is 0 Å².